The summed E-state index contributed by atoms with van der Waals surface area (Å²) in [6.45, 7) is 0. The molecule has 2 aromatic rings. The lowest BCUT2D eigenvalue weighted by Gasteiger charge is -2.06. The summed E-state index contributed by atoms with van der Waals surface area (Å²) in [4.78, 5) is 12.4. The fourth-order valence-electron chi connectivity index (χ4n) is 1.56. The van der Waals surface area contributed by atoms with Crippen LogP contribution >= 0.6 is 23.4 Å². The summed E-state index contributed by atoms with van der Waals surface area (Å²) in [7, 11) is 0. The van der Waals surface area contributed by atoms with E-state index in [1.54, 1.807) is 30.3 Å². The maximum Gasteiger partial charge on any atom is 0.307 e. The second-order valence-electron chi connectivity index (χ2n) is 3.92. The highest BCUT2D eigenvalue weighted by Crippen LogP contribution is 2.32. The smallest absolute Gasteiger partial charge is 0.307 e. The van der Waals surface area contributed by atoms with Gasteiger partial charge in [0.2, 0.25) is 0 Å². The number of carboxylic acids is 1. The molecule has 98 valence electrons. The first-order valence-electron chi connectivity index (χ1n) is 5.52. The van der Waals surface area contributed by atoms with Gasteiger partial charge in [-0.25, -0.2) is 0 Å². The molecule has 2 aromatic carbocycles. The Morgan fingerprint density at radius 1 is 1.11 bits per heavy atom. The highest BCUT2D eigenvalue weighted by Gasteiger charge is 2.07. The van der Waals surface area contributed by atoms with Gasteiger partial charge in [0.25, 0.3) is 0 Å². The minimum absolute atomic E-state index is 0.00126. The SMILES string of the molecule is O=C(O)Cc1ccc(Sc2ccc(Cl)cc2)cc1O. The molecule has 0 unspecified atom stereocenters. The van der Waals surface area contributed by atoms with Gasteiger partial charge in [0.05, 0.1) is 6.42 Å². The van der Waals surface area contributed by atoms with Gasteiger partial charge in [-0.3, -0.25) is 4.79 Å². The molecule has 0 spiro atoms. The number of carboxylic acid groups (broad SMARTS) is 1. The summed E-state index contributed by atoms with van der Waals surface area (Å²) in [5, 5.41) is 19.1. The quantitative estimate of drug-likeness (QED) is 0.900. The Balaban J connectivity index is 2.15. The molecule has 0 saturated heterocycles. The van der Waals surface area contributed by atoms with E-state index < -0.39 is 5.97 Å². The maximum atomic E-state index is 10.6. The molecule has 0 aliphatic rings. The van der Waals surface area contributed by atoms with Crippen LogP contribution in [0.25, 0.3) is 0 Å². The predicted octanol–water partition coefficient (Wildman–Crippen LogP) is 3.82. The second-order valence-corrected chi connectivity index (χ2v) is 5.50. The Morgan fingerprint density at radius 2 is 1.74 bits per heavy atom. The average Bonchev–Trinajstić information content (AvgIpc) is 2.35. The van der Waals surface area contributed by atoms with Crippen LogP contribution < -0.4 is 0 Å². The van der Waals surface area contributed by atoms with Crippen LogP contribution in [0.4, 0.5) is 0 Å². The summed E-state index contributed by atoms with van der Waals surface area (Å²) in [6, 6.07) is 12.3. The molecule has 2 rings (SSSR count). The van der Waals surface area contributed by atoms with Crippen LogP contribution in [-0.2, 0) is 11.2 Å². The highest BCUT2D eigenvalue weighted by molar-refractivity contribution is 7.99. The summed E-state index contributed by atoms with van der Waals surface area (Å²) in [5.41, 5.74) is 0.410. The molecule has 0 radical (unpaired) electrons. The monoisotopic (exact) mass is 294 g/mol. The summed E-state index contributed by atoms with van der Waals surface area (Å²) in [5.74, 6) is -0.963. The fourth-order valence-corrected chi connectivity index (χ4v) is 2.54. The molecule has 0 aromatic heterocycles. The van der Waals surface area contributed by atoms with Crippen molar-refractivity contribution in [2.24, 2.45) is 0 Å². The van der Waals surface area contributed by atoms with Crippen LogP contribution in [0.1, 0.15) is 5.56 Å². The van der Waals surface area contributed by atoms with Gasteiger partial charge in [-0.2, -0.15) is 0 Å². The van der Waals surface area contributed by atoms with Gasteiger partial charge in [-0.1, -0.05) is 29.4 Å². The molecule has 0 amide bonds. The molecule has 0 fully saturated rings. The zero-order chi connectivity index (χ0) is 13.8. The number of halogens is 1. The number of aliphatic carboxylic acids is 1. The molecule has 0 atom stereocenters. The van der Waals surface area contributed by atoms with E-state index in [0.29, 0.717) is 10.6 Å². The zero-order valence-electron chi connectivity index (χ0n) is 9.84. The normalized spacial score (nSPS) is 10.4. The van der Waals surface area contributed by atoms with E-state index in [-0.39, 0.29) is 12.2 Å². The Labute approximate surface area is 119 Å². The van der Waals surface area contributed by atoms with E-state index in [1.807, 2.05) is 12.1 Å². The van der Waals surface area contributed by atoms with E-state index in [0.717, 1.165) is 9.79 Å². The van der Waals surface area contributed by atoms with Crippen molar-refractivity contribution in [3.63, 3.8) is 0 Å². The number of carbonyl (C=O) groups is 1. The molecule has 5 heteroatoms. The van der Waals surface area contributed by atoms with Crippen molar-refractivity contribution in [2.75, 3.05) is 0 Å². The molecule has 0 saturated carbocycles. The third-order valence-corrected chi connectivity index (χ3v) is 3.70. The first-order valence-corrected chi connectivity index (χ1v) is 6.71. The van der Waals surface area contributed by atoms with Crippen LogP contribution in [0.2, 0.25) is 5.02 Å². The Hall–Kier alpha value is -1.65. The summed E-state index contributed by atoms with van der Waals surface area (Å²) >= 11 is 7.28. The molecule has 0 aliphatic carbocycles. The molecule has 19 heavy (non-hydrogen) atoms. The van der Waals surface area contributed by atoms with E-state index in [9.17, 15) is 9.90 Å². The number of rotatable bonds is 4. The highest BCUT2D eigenvalue weighted by atomic mass is 35.5. The number of phenolic OH excluding ortho intramolecular Hbond substituents is 1. The molecule has 0 bridgehead atoms. The first-order chi connectivity index (χ1) is 9.04. The van der Waals surface area contributed by atoms with Crippen LogP contribution in [0.3, 0.4) is 0 Å². The largest absolute Gasteiger partial charge is 0.508 e. The van der Waals surface area contributed by atoms with Crippen LogP contribution in [0, 0.1) is 0 Å². The van der Waals surface area contributed by atoms with Gasteiger partial charge < -0.3 is 10.2 Å². The van der Waals surface area contributed by atoms with Gasteiger partial charge in [-0.05, 0) is 36.4 Å². The van der Waals surface area contributed by atoms with Crippen LogP contribution in [0.5, 0.6) is 5.75 Å². The topological polar surface area (TPSA) is 57.5 Å². The van der Waals surface area contributed by atoms with Crippen molar-refractivity contribution >= 4 is 29.3 Å². The lowest BCUT2D eigenvalue weighted by Crippen LogP contribution is -2.00. The lowest BCUT2D eigenvalue weighted by atomic mass is 10.1. The Morgan fingerprint density at radius 3 is 2.32 bits per heavy atom. The van der Waals surface area contributed by atoms with Crippen LogP contribution in [0.15, 0.2) is 52.3 Å². The third kappa shape index (κ3) is 3.91. The molecular weight excluding hydrogens is 284 g/mol. The van der Waals surface area contributed by atoms with Crippen molar-refractivity contribution in [3.8, 4) is 5.75 Å². The van der Waals surface area contributed by atoms with Crippen molar-refractivity contribution < 1.29 is 15.0 Å². The number of benzene rings is 2. The van der Waals surface area contributed by atoms with Crippen molar-refractivity contribution in [1.82, 2.24) is 0 Å². The average molecular weight is 295 g/mol. The lowest BCUT2D eigenvalue weighted by molar-refractivity contribution is -0.136. The van der Waals surface area contributed by atoms with Crippen LogP contribution in [-0.4, -0.2) is 16.2 Å². The maximum absolute atomic E-state index is 10.6. The molecule has 3 nitrogen and oxygen atoms in total. The standard InChI is InChI=1S/C14H11ClO3S/c15-10-2-5-11(6-3-10)19-12-4-1-9(7-14(17)18)13(16)8-12/h1-6,8,16H,7H2,(H,17,18). The number of aromatic hydroxyl groups is 1. The number of phenols is 1. The summed E-state index contributed by atoms with van der Waals surface area (Å²) in [6.07, 6.45) is -0.183. The van der Waals surface area contributed by atoms with E-state index in [4.69, 9.17) is 16.7 Å². The zero-order valence-corrected chi connectivity index (χ0v) is 11.4. The molecule has 0 aliphatic heterocycles. The minimum Gasteiger partial charge on any atom is -0.508 e. The third-order valence-electron chi connectivity index (χ3n) is 2.45. The first kappa shape index (κ1) is 13.8. The Kier molecular flexibility index (Phi) is 4.35. The van der Waals surface area contributed by atoms with Crippen molar-refractivity contribution in [3.05, 3.63) is 53.1 Å². The molecule has 2 N–H and O–H groups in total. The van der Waals surface area contributed by atoms with Gasteiger partial charge in [-0.15, -0.1) is 0 Å². The van der Waals surface area contributed by atoms with Gasteiger partial charge >= 0.3 is 5.97 Å². The van der Waals surface area contributed by atoms with E-state index >= 15 is 0 Å². The Bertz CT molecular complexity index is 596. The van der Waals surface area contributed by atoms with E-state index in [1.165, 1.54) is 11.8 Å². The minimum atomic E-state index is -0.964. The molecular formula is C14H11ClO3S. The molecule has 0 heterocycles. The van der Waals surface area contributed by atoms with E-state index in [2.05, 4.69) is 0 Å². The van der Waals surface area contributed by atoms with Crippen molar-refractivity contribution in [1.29, 1.82) is 0 Å². The summed E-state index contributed by atoms with van der Waals surface area (Å²) < 4.78 is 0. The second kappa shape index (κ2) is 5.99. The predicted molar refractivity (Wildman–Crippen MR) is 75.0 cm³/mol. The van der Waals surface area contributed by atoms with Gasteiger partial charge in [0, 0.05) is 20.4 Å². The van der Waals surface area contributed by atoms with Gasteiger partial charge in [0.1, 0.15) is 5.75 Å². The fraction of sp³-hybridized carbons (Fsp3) is 0.0714. The number of hydrogen-bond donors (Lipinski definition) is 2. The van der Waals surface area contributed by atoms with Gasteiger partial charge in [0.15, 0.2) is 0 Å². The van der Waals surface area contributed by atoms with Crippen molar-refractivity contribution in [2.45, 2.75) is 16.2 Å². The number of hydrogen-bond acceptors (Lipinski definition) is 3.